The van der Waals surface area contributed by atoms with Crippen molar-refractivity contribution < 1.29 is 9.90 Å². The van der Waals surface area contributed by atoms with Crippen molar-refractivity contribution in [3.63, 3.8) is 0 Å². The van der Waals surface area contributed by atoms with Crippen LogP contribution in [0.5, 0.6) is 0 Å². The molecule has 2 heterocycles. The summed E-state index contributed by atoms with van der Waals surface area (Å²) in [4.78, 5) is 19.1. The molecule has 0 aliphatic carbocycles. The van der Waals surface area contributed by atoms with E-state index < -0.39 is 0 Å². The Morgan fingerprint density at radius 2 is 2.00 bits per heavy atom. The summed E-state index contributed by atoms with van der Waals surface area (Å²) in [6.07, 6.45) is 3.53. The lowest BCUT2D eigenvalue weighted by Gasteiger charge is -2.33. The predicted molar refractivity (Wildman–Crippen MR) is 101 cm³/mol. The molecule has 1 aromatic carbocycles. The van der Waals surface area contributed by atoms with E-state index in [0.29, 0.717) is 27.2 Å². The molecule has 1 amide bonds. The maximum Gasteiger partial charge on any atom is 0.255 e. The van der Waals surface area contributed by atoms with Gasteiger partial charge in [0.25, 0.3) is 5.91 Å². The monoisotopic (exact) mass is 379 g/mol. The van der Waals surface area contributed by atoms with Gasteiger partial charge in [-0.2, -0.15) is 0 Å². The molecule has 0 atom stereocenters. The number of amides is 1. The Labute approximate surface area is 156 Å². The molecule has 2 aromatic rings. The van der Waals surface area contributed by atoms with E-state index >= 15 is 0 Å². The normalized spacial score (nSPS) is 15.2. The Bertz CT molecular complexity index is 762. The topological polar surface area (TPSA) is 65.5 Å². The number of rotatable bonds is 4. The summed E-state index contributed by atoms with van der Waals surface area (Å²) in [5.41, 5.74) is 1.09. The van der Waals surface area contributed by atoms with Crippen LogP contribution in [0.4, 0.5) is 11.5 Å². The Balaban J connectivity index is 1.77. The van der Waals surface area contributed by atoms with Crippen molar-refractivity contribution in [2.24, 2.45) is 5.92 Å². The molecule has 2 N–H and O–H groups in total. The number of nitrogens with zero attached hydrogens (tertiary/aromatic N) is 2. The molecule has 5 nitrogen and oxygen atoms in total. The SMILES string of the molecule is O=C(Nc1cccnc1N1CCC(CO)CC1)c1ccc(Cl)c(Cl)c1. The molecule has 0 radical (unpaired) electrons. The van der Waals surface area contributed by atoms with Crippen molar-refractivity contribution in [3.05, 3.63) is 52.1 Å². The van der Waals surface area contributed by atoms with Crippen LogP contribution in [-0.2, 0) is 0 Å². The van der Waals surface area contributed by atoms with E-state index in [1.807, 2.05) is 6.07 Å². The summed E-state index contributed by atoms with van der Waals surface area (Å²) >= 11 is 11.9. The lowest BCUT2D eigenvalue weighted by atomic mass is 9.98. The maximum atomic E-state index is 12.5. The first kappa shape index (κ1) is 18.0. The molecule has 0 bridgehead atoms. The number of benzene rings is 1. The predicted octanol–water partition coefficient (Wildman–Crippen LogP) is 3.85. The largest absolute Gasteiger partial charge is 0.396 e. The highest BCUT2D eigenvalue weighted by Crippen LogP contribution is 2.28. The number of hydrogen-bond acceptors (Lipinski definition) is 4. The Kier molecular flexibility index (Phi) is 5.78. The fourth-order valence-electron chi connectivity index (χ4n) is 2.91. The Hall–Kier alpha value is -1.82. The van der Waals surface area contributed by atoms with Gasteiger partial charge in [0, 0.05) is 31.5 Å². The molecule has 0 saturated carbocycles. The second-order valence-electron chi connectivity index (χ2n) is 6.07. The van der Waals surface area contributed by atoms with Crippen LogP contribution in [0.3, 0.4) is 0 Å². The third-order valence-electron chi connectivity index (χ3n) is 4.39. The van der Waals surface area contributed by atoms with Gasteiger partial charge in [0.05, 0.1) is 15.7 Å². The van der Waals surface area contributed by atoms with Gasteiger partial charge in [-0.05, 0) is 49.1 Å². The average molecular weight is 380 g/mol. The molecule has 1 fully saturated rings. The van der Waals surface area contributed by atoms with Gasteiger partial charge in [-0.25, -0.2) is 4.98 Å². The van der Waals surface area contributed by atoms with Gasteiger partial charge in [-0.15, -0.1) is 0 Å². The molecule has 25 heavy (non-hydrogen) atoms. The number of anilines is 2. The standard InChI is InChI=1S/C18H19Cl2N3O2/c19-14-4-3-13(10-15(14)20)18(25)22-16-2-1-7-21-17(16)23-8-5-12(11-24)6-9-23/h1-4,7,10,12,24H,5-6,8-9,11H2,(H,22,25). The number of aromatic nitrogens is 1. The zero-order valence-electron chi connectivity index (χ0n) is 13.6. The van der Waals surface area contributed by atoms with Gasteiger partial charge in [0.1, 0.15) is 0 Å². The molecule has 132 valence electrons. The molecule has 1 aliphatic rings. The minimum Gasteiger partial charge on any atom is -0.396 e. The first-order valence-electron chi connectivity index (χ1n) is 8.15. The number of pyridine rings is 1. The molecule has 1 saturated heterocycles. The summed E-state index contributed by atoms with van der Waals surface area (Å²) in [6.45, 7) is 1.83. The van der Waals surface area contributed by atoms with Crippen molar-refractivity contribution in [2.45, 2.75) is 12.8 Å². The number of hydrogen-bond donors (Lipinski definition) is 2. The lowest BCUT2D eigenvalue weighted by molar-refractivity contribution is 0.102. The summed E-state index contributed by atoms with van der Waals surface area (Å²) in [7, 11) is 0. The average Bonchev–Trinajstić information content (AvgIpc) is 2.64. The smallest absolute Gasteiger partial charge is 0.255 e. The van der Waals surface area contributed by atoms with Crippen LogP contribution in [0.2, 0.25) is 10.0 Å². The Morgan fingerprint density at radius 1 is 1.24 bits per heavy atom. The number of nitrogens with one attached hydrogen (secondary N) is 1. The van der Waals surface area contributed by atoms with E-state index in [1.165, 1.54) is 0 Å². The van der Waals surface area contributed by atoms with E-state index in [1.54, 1.807) is 30.5 Å². The van der Waals surface area contributed by atoms with Crippen LogP contribution >= 0.6 is 23.2 Å². The van der Waals surface area contributed by atoms with E-state index in [0.717, 1.165) is 31.7 Å². The Morgan fingerprint density at radius 3 is 2.68 bits per heavy atom. The molecule has 1 aromatic heterocycles. The number of aliphatic hydroxyl groups excluding tert-OH is 1. The molecular weight excluding hydrogens is 361 g/mol. The van der Waals surface area contributed by atoms with Crippen molar-refractivity contribution in [3.8, 4) is 0 Å². The summed E-state index contributed by atoms with van der Waals surface area (Å²) in [5.74, 6) is 0.819. The quantitative estimate of drug-likeness (QED) is 0.846. The highest BCUT2D eigenvalue weighted by Gasteiger charge is 2.22. The van der Waals surface area contributed by atoms with Gasteiger partial charge in [0.15, 0.2) is 5.82 Å². The van der Waals surface area contributed by atoms with Gasteiger partial charge in [-0.3, -0.25) is 4.79 Å². The summed E-state index contributed by atoms with van der Waals surface area (Å²) in [6, 6.07) is 8.39. The second-order valence-corrected chi connectivity index (χ2v) is 6.88. The van der Waals surface area contributed by atoms with Crippen LogP contribution in [0.25, 0.3) is 0 Å². The number of piperidine rings is 1. The van der Waals surface area contributed by atoms with Crippen molar-refractivity contribution in [1.29, 1.82) is 0 Å². The first-order valence-corrected chi connectivity index (χ1v) is 8.91. The fourth-order valence-corrected chi connectivity index (χ4v) is 3.20. The molecule has 3 rings (SSSR count). The van der Waals surface area contributed by atoms with Crippen LogP contribution in [0, 0.1) is 5.92 Å². The van der Waals surface area contributed by atoms with E-state index in [4.69, 9.17) is 23.2 Å². The molecule has 7 heteroatoms. The van der Waals surface area contributed by atoms with Crippen LogP contribution < -0.4 is 10.2 Å². The van der Waals surface area contributed by atoms with E-state index in [2.05, 4.69) is 15.2 Å². The van der Waals surface area contributed by atoms with Gasteiger partial charge in [0.2, 0.25) is 0 Å². The minimum absolute atomic E-state index is 0.219. The van der Waals surface area contributed by atoms with Gasteiger partial charge in [-0.1, -0.05) is 23.2 Å². The molecular formula is C18H19Cl2N3O2. The first-order chi connectivity index (χ1) is 12.1. The zero-order chi connectivity index (χ0) is 17.8. The molecule has 0 unspecified atom stereocenters. The maximum absolute atomic E-state index is 12.5. The minimum atomic E-state index is -0.266. The number of carbonyl (C=O) groups is 1. The van der Waals surface area contributed by atoms with Crippen LogP contribution in [0.1, 0.15) is 23.2 Å². The number of aliphatic hydroxyl groups is 1. The summed E-state index contributed by atoms with van der Waals surface area (Å²) < 4.78 is 0. The van der Waals surface area contributed by atoms with Gasteiger partial charge >= 0.3 is 0 Å². The van der Waals surface area contributed by atoms with Crippen molar-refractivity contribution >= 4 is 40.6 Å². The van der Waals surface area contributed by atoms with Crippen LogP contribution in [-0.4, -0.2) is 35.7 Å². The molecule has 0 spiro atoms. The summed E-state index contributed by atoms with van der Waals surface area (Å²) in [5, 5.41) is 12.9. The second kappa shape index (κ2) is 8.04. The molecule has 1 aliphatic heterocycles. The van der Waals surface area contributed by atoms with E-state index in [9.17, 15) is 9.90 Å². The van der Waals surface area contributed by atoms with Crippen LogP contribution in [0.15, 0.2) is 36.5 Å². The third kappa shape index (κ3) is 4.24. The van der Waals surface area contributed by atoms with Crippen molar-refractivity contribution in [1.82, 2.24) is 4.98 Å². The number of carbonyl (C=O) groups excluding carboxylic acids is 1. The highest BCUT2D eigenvalue weighted by atomic mass is 35.5. The van der Waals surface area contributed by atoms with Crippen molar-refractivity contribution in [2.75, 3.05) is 29.9 Å². The number of halogens is 2. The lowest BCUT2D eigenvalue weighted by Crippen LogP contribution is -2.35. The fraction of sp³-hybridized carbons (Fsp3) is 0.333. The zero-order valence-corrected chi connectivity index (χ0v) is 15.1. The highest BCUT2D eigenvalue weighted by molar-refractivity contribution is 6.42. The van der Waals surface area contributed by atoms with E-state index in [-0.39, 0.29) is 12.5 Å². The third-order valence-corrected chi connectivity index (χ3v) is 5.13. The van der Waals surface area contributed by atoms with Gasteiger partial charge < -0.3 is 15.3 Å².